The van der Waals surface area contributed by atoms with Crippen LogP contribution in [-0.4, -0.2) is 11.0 Å². The maximum atomic E-state index is 6.11. The highest BCUT2D eigenvalue weighted by Crippen LogP contribution is 2.19. The van der Waals surface area contributed by atoms with Gasteiger partial charge >= 0.3 is 0 Å². The van der Waals surface area contributed by atoms with E-state index in [0.717, 1.165) is 18.0 Å². The van der Waals surface area contributed by atoms with Gasteiger partial charge in [-0.1, -0.05) is 35.9 Å². The van der Waals surface area contributed by atoms with Gasteiger partial charge < -0.3 is 10.3 Å². The van der Waals surface area contributed by atoms with E-state index in [2.05, 4.69) is 60.7 Å². The molecule has 0 saturated heterocycles. The van der Waals surface area contributed by atoms with Crippen molar-refractivity contribution in [3.63, 3.8) is 0 Å². The fourth-order valence-electron chi connectivity index (χ4n) is 2.91. The monoisotopic (exact) mass is 312 g/mol. The molecular weight excluding hydrogens is 292 g/mol. The zero-order valence-corrected chi connectivity index (χ0v) is 13.7. The van der Waals surface area contributed by atoms with Crippen LogP contribution in [0.1, 0.15) is 23.6 Å². The van der Waals surface area contributed by atoms with Crippen LogP contribution in [0, 0.1) is 6.92 Å². The van der Waals surface area contributed by atoms with E-state index in [9.17, 15) is 0 Å². The van der Waals surface area contributed by atoms with E-state index in [1.807, 2.05) is 12.1 Å². The van der Waals surface area contributed by atoms with Crippen LogP contribution in [0.5, 0.6) is 0 Å². The van der Waals surface area contributed by atoms with E-state index < -0.39 is 0 Å². The summed E-state index contributed by atoms with van der Waals surface area (Å²) in [6.07, 6.45) is 3.12. The zero-order valence-electron chi connectivity index (χ0n) is 13.0. The summed E-state index contributed by atoms with van der Waals surface area (Å²) in [6, 6.07) is 15.0. The molecule has 0 aliphatic rings. The number of aryl methyl sites for hydroxylation is 1. The minimum atomic E-state index is 0.401. The maximum Gasteiger partial charge on any atom is 0.0456 e. The normalized spacial score (nSPS) is 12.7. The Kier molecular flexibility index (Phi) is 4.51. The highest BCUT2D eigenvalue weighted by molar-refractivity contribution is 6.30. The Bertz CT molecular complexity index is 756. The first-order valence-corrected chi connectivity index (χ1v) is 8.04. The third kappa shape index (κ3) is 3.52. The largest absolute Gasteiger partial charge is 0.361 e. The third-order valence-corrected chi connectivity index (χ3v) is 4.18. The van der Waals surface area contributed by atoms with Crippen LogP contribution in [0.25, 0.3) is 10.9 Å². The molecule has 3 heteroatoms. The molecular formula is C19H21ClN2. The van der Waals surface area contributed by atoms with Gasteiger partial charge in [-0.2, -0.15) is 0 Å². The lowest BCUT2D eigenvalue weighted by Gasteiger charge is -2.14. The van der Waals surface area contributed by atoms with E-state index in [0.29, 0.717) is 6.04 Å². The molecule has 0 spiro atoms. The molecule has 0 bridgehead atoms. The smallest absolute Gasteiger partial charge is 0.0456 e. The first-order chi connectivity index (χ1) is 10.6. The van der Waals surface area contributed by atoms with Crippen LogP contribution >= 0.6 is 11.6 Å². The number of para-hydroxylation sites is 1. The average molecular weight is 313 g/mol. The molecule has 3 aromatic rings. The highest BCUT2D eigenvalue weighted by Gasteiger charge is 2.08. The summed E-state index contributed by atoms with van der Waals surface area (Å²) in [4.78, 5) is 3.34. The van der Waals surface area contributed by atoms with Crippen molar-refractivity contribution in [1.82, 2.24) is 10.3 Å². The fraction of sp³-hybridized carbons (Fsp3) is 0.263. The van der Waals surface area contributed by atoms with Crippen LogP contribution in [0.3, 0.4) is 0 Å². The zero-order chi connectivity index (χ0) is 15.5. The van der Waals surface area contributed by atoms with Gasteiger partial charge in [0.2, 0.25) is 0 Å². The van der Waals surface area contributed by atoms with Gasteiger partial charge in [0.25, 0.3) is 0 Å². The Balaban J connectivity index is 1.64. The summed E-state index contributed by atoms with van der Waals surface area (Å²) < 4.78 is 0. The summed E-state index contributed by atoms with van der Waals surface area (Å²) in [6.45, 7) is 5.13. The number of H-pyrrole nitrogens is 1. The molecule has 114 valence electrons. The molecule has 2 nitrogen and oxygen atoms in total. The molecule has 0 amide bonds. The van der Waals surface area contributed by atoms with Crippen LogP contribution in [-0.2, 0) is 13.0 Å². The summed E-state index contributed by atoms with van der Waals surface area (Å²) in [5, 5.41) is 5.70. The molecule has 2 N–H and O–H groups in total. The third-order valence-electron chi connectivity index (χ3n) is 3.96. The topological polar surface area (TPSA) is 27.8 Å². The van der Waals surface area contributed by atoms with Crippen molar-refractivity contribution >= 4 is 22.5 Å². The van der Waals surface area contributed by atoms with Crippen LogP contribution in [0.15, 0.2) is 48.7 Å². The van der Waals surface area contributed by atoms with Gasteiger partial charge in [0, 0.05) is 34.7 Å². The number of hydrogen-bond donors (Lipinski definition) is 2. The van der Waals surface area contributed by atoms with Crippen molar-refractivity contribution in [1.29, 1.82) is 0 Å². The molecule has 0 aliphatic heterocycles. The van der Waals surface area contributed by atoms with Gasteiger partial charge in [-0.05, 0) is 55.2 Å². The highest BCUT2D eigenvalue weighted by atomic mass is 35.5. The quantitative estimate of drug-likeness (QED) is 0.692. The first kappa shape index (κ1) is 15.1. The second kappa shape index (κ2) is 6.55. The Labute approximate surface area is 136 Å². The molecule has 1 unspecified atom stereocenters. The van der Waals surface area contributed by atoms with Crippen molar-refractivity contribution in [2.75, 3.05) is 0 Å². The van der Waals surface area contributed by atoms with E-state index in [1.165, 1.54) is 27.6 Å². The fourth-order valence-corrected chi connectivity index (χ4v) is 3.22. The summed E-state index contributed by atoms with van der Waals surface area (Å²) in [7, 11) is 0. The summed E-state index contributed by atoms with van der Waals surface area (Å²) in [5.41, 5.74) is 5.00. The molecule has 0 radical (unpaired) electrons. The number of rotatable bonds is 5. The lowest BCUT2D eigenvalue weighted by molar-refractivity contribution is 0.546. The number of nitrogens with one attached hydrogen (secondary N) is 2. The lowest BCUT2D eigenvalue weighted by Crippen LogP contribution is -2.27. The van der Waals surface area contributed by atoms with E-state index in [4.69, 9.17) is 11.6 Å². The summed E-state index contributed by atoms with van der Waals surface area (Å²) >= 11 is 6.11. The Hall–Kier alpha value is -1.77. The van der Waals surface area contributed by atoms with Crippen molar-refractivity contribution < 1.29 is 0 Å². The standard InChI is InChI=1S/C19H21ClN2/c1-13-7-15(10-17(20)8-13)11-21-14(2)9-16-12-22-19-6-4-3-5-18(16)19/h3-8,10,12,14,21-22H,9,11H2,1-2H3. The van der Waals surface area contributed by atoms with E-state index >= 15 is 0 Å². The molecule has 1 heterocycles. The minimum Gasteiger partial charge on any atom is -0.361 e. The van der Waals surface area contributed by atoms with Gasteiger partial charge in [0.05, 0.1) is 0 Å². The SMILES string of the molecule is Cc1cc(Cl)cc(CNC(C)Cc2c[nH]c3ccccc23)c1. The molecule has 1 atom stereocenters. The van der Waals surface area contributed by atoms with E-state index in [-0.39, 0.29) is 0 Å². The number of aromatic nitrogens is 1. The Morgan fingerprint density at radius 1 is 1.18 bits per heavy atom. The van der Waals surface area contributed by atoms with Crippen LogP contribution in [0.2, 0.25) is 5.02 Å². The molecule has 22 heavy (non-hydrogen) atoms. The second-order valence-electron chi connectivity index (χ2n) is 5.98. The molecule has 0 saturated carbocycles. The van der Waals surface area contributed by atoms with Gasteiger partial charge in [0.15, 0.2) is 0 Å². The van der Waals surface area contributed by atoms with E-state index in [1.54, 1.807) is 0 Å². The van der Waals surface area contributed by atoms with Gasteiger partial charge in [0.1, 0.15) is 0 Å². The predicted molar refractivity (Wildman–Crippen MR) is 94.5 cm³/mol. The Morgan fingerprint density at radius 3 is 2.82 bits per heavy atom. The Morgan fingerprint density at radius 2 is 2.00 bits per heavy atom. The van der Waals surface area contributed by atoms with Crippen LogP contribution in [0.4, 0.5) is 0 Å². The number of benzene rings is 2. The molecule has 3 rings (SSSR count). The van der Waals surface area contributed by atoms with Crippen molar-refractivity contribution in [2.24, 2.45) is 0 Å². The number of hydrogen-bond acceptors (Lipinski definition) is 1. The lowest BCUT2D eigenvalue weighted by atomic mass is 10.1. The maximum absolute atomic E-state index is 6.11. The molecule has 0 aliphatic carbocycles. The molecule has 1 aromatic heterocycles. The predicted octanol–water partition coefficient (Wildman–Crippen LogP) is 4.85. The average Bonchev–Trinajstić information content (AvgIpc) is 2.88. The number of aromatic amines is 1. The van der Waals surface area contributed by atoms with Gasteiger partial charge in [-0.15, -0.1) is 0 Å². The first-order valence-electron chi connectivity index (χ1n) is 7.66. The second-order valence-corrected chi connectivity index (χ2v) is 6.42. The number of halogens is 1. The van der Waals surface area contributed by atoms with Crippen LogP contribution < -0.4 is 5.32 Å². The number of fused-ring (bicyclic) bond motifs is 1. The van der Waals surface area contributed by atoms with Crippen molar-refractivity contribution in [2.45, 2.75) is 32.9 Å². The van der Waals surface area contributed by atoms with Gasteiger partial charge in [-0.3, -0.25) is 0 Å². The minimum absolute atomic E-state index is 0.401. The van der Waals surface area contributed by atoms with Crippen molar-refractivity contribution in [3.05, 3.63) is 70.4 Å². The molecule has 2 aromatic carbocycles. The molecule has 0 fully saturated rings. The van der Waals surface area contributed by atoms with Crippen molar-refractivity contribution in [3.8, 4) is 0 Å². The van der Waals surface area contributed by atoms with Gasteiger partial charge in [-0.25, -0.2) is 0 Å². The summed E-state index contributed by atoms with van der Waals surface area (Å²) in [5.74, 6) is 0.